The third kappa shape index (κ3) is 4.09. The van der Waals surface area contributed by atoms with Crippen molar-refractivity contribution in [1.82, 2.24) is 0 Å². The van der Waals surface area contributed by atoms with Crippen LogP contribution in [0.4, 0.5) is 4.39 Å². The van der Waals surface area contributed by atoms with E-state index in [-0.39, 0.29) is 24.2 Å². The molecule has 0 aliphatic carbocycles. The first kappa shape index (κ1) is 20.0. The van der Waals surface area contributed by atoms with E-state index in [2.05, 4.69) is 6.58 Å². The number of rotatable bonds is 6. The molecule has 0 aliphatic heterocycles. The molecule has 5 nitrogen and oxygen atoms in total. The predicted octanol–water partition coefficient (Wildman–Crippen LogP) is 4.25. The Kier molecular flexibility index (Phi) is 5.89. The molecule has 0 saturated heterocycles. The number of esters is 1. The minimum atomic E-state index is -0.749. The third-order valence-electron chi connectivity index (χ3n) is 4.67. The van der Waals surface area contributed by atoms with Crippen molar-refractivity contribution >= 4 is 16.9 Å². The summed E-state index contributed by atoms with van der Waals surface area (Å²) in [5.41, 5.74) is 0.670. The highest BCUT2D eigenvalue weighted by Crippen LogP contribution is 2.32. The Balaban J connectivity index is 2.17. The van der Waals surface area contributed by atoms with Gasteiger partial charge in [-0.3, -0.25) is 0 Å². The van der Waals surface area contributed by atoms with E-state index in [0.29, 0.717) is 22.1 Å². The molecule has 29 heavy (non-hydrogen) atoms. The number of nitrogens with zero attached hydrogens (tertiary/aromatic N) is 1. The summed E-state index contributed by atoms with van der Waals surface area (Å²) in [4.78, 5) is 24.7. The smallest absolute Gasteiger partial charge is 0.354 e. The zero-order valence-corrected chi connectivity index (χ0v) is 15.8. The number of hydrogen-bond acceptors (Lipinski definition) is 5. The van der Waals surface area contributed by atoms with Crippen molar-refractivity contribution in [2.75, 3.05) is 6.61 Å². The van der Waals surface area contributed by atoms with Crippen LogP contribution in [0.2, 0.25) is 0 Å². The van der Waals surface area contributed by atoms with Crippen LogP contribution < -0.4 is 5.63 Å². The minimum Gasteiger partial charge on any atom is -0.463 e. The number of halogens is 1. The molecule has 0 radical (unpaired) electrons. The van der Waals surface area contributed by atoms with Gasteiger partial charge in [0.05, 0.1) is 6.61 Å². The van der Waals surface area contributed by atoms with Gasteiger partial charge in [-0.25, -0.2) is 14.0 Å². The van der Waals surface area contributed by atoms with Crippen molar-refractivity contribution in [2.24, 2.45) is 0 Å². The molecule has 0 unspecified atom stereocenters. The lowest BCUT2D eigenvalue weighted by Gasteiger charge is -2.20. The molecule has 0 N–H and O–H groups in total. The van der Waals surface area contributed by atoms with E-state index in [0.717, 1.165) is 0 Å². The first-order valence-electron chi connectivity index (χ1n) is 9.02. The van der Waals surface area contributed by atoms with Crippen LogP contribution in [0.25, 0.3) is 11.0 Å². The van der Waals surface area contributed by atoms with Crippen molar-refractivity contribution in [3.63, 3.8) is 0 Å². The molecule has 0 fully saturated rings. The SMILES string of the molecule is C=C(C(=O)OCC)[C@H](Cc1c(C#N)c(=O)oc2ccccc12)c1ccc(F)cc1. The van der Waals surface area contributed by atoms with Gasteiger partial charge in [0.2, 0.25) is 0 Å². The highest BCUT2D eigenvalue weighted by atomic mass is 19.1. The van der Waals surface area contributed by atoms with E-state index in [4.69, 9.17) is 9.15 Å². The van der Waals surface area contributed by atoms with Gasteiger partial charge in [-0.15, -0.1) is 0 Å². The maximum atomic E-state index is 13.4. The van der Waals surface area contributed by atoms with Crippen molar-refractivity contribution < 1.29 is 18.3 Å². The number of benzene rings is 2. The number of fused-ring (bicyclic) bond motifs is 1. The van der Waals surface area contributed by atoms with Crippen molar-refractivity contribution in [3.8, 4) is 6.07 Å². The summed E-state index contributed by atoms with van der Waals surface area (Å²) in [6.45, 7) is 5.73. The van der Waals surface area contributed by atoms with Crippen molar-refractivity contribution in [1.29, 1.82) is 5.26 Å². The average Bonchev–Trinajstić information content (AvgIpc) is 2.72. The summed E-state index contributed by atoms with van der Waals surface area (Å²) in [6.07, 6.45) is 0.123. The van der Waals surface area contributed by atoms with Crippen LogP contribution >= 0.6 is 0 Å². The lowest BCUT2D eigenvalue weighted by Crippen LogP contribution is -2.18. The molecule has 2 aromatic carbocycles. The molecule has 146 valence electrons. The second kappa shape index (κ2) is 8.53. The van der Waals surface area contributed by atoms with Crippen LogP contribution in [0.15, 0.2) is 69.9 Å². The second-order valence-electron chi connectivity index (χ2n) is 6.41. The molecular formula is C23H18FNO4. The van der Waals surface area contributed by atoms with E-state index < -0.39 is 23.3 Å². The maximum absolute atomic E-state index is 13.4. The van der Waals surface area contributed by atoms with Gasteiger partial charge >= 0.3 is 11.6 Å². The highest BCUT2D eigenvalue weighted by Gasteiger charge is 2.26. The molecule has 0 amide bonds. The van der Waals surface area contributed by atoms with Crippen LogP contribution in [0.3, 0.4) is 0 Å². The summed E-state index contributed by atoms with van der Waals surface area (Å²) in [5.74, 6) is -1.63. The zero-order valence-electron chi connectivity index (χ0n) is 15.8. The van der Waals surface area contributed by atoms with E-state index in [9.17, 15) is 19.2 Å². The van der Waals surface area contributed by atoms with E-state index in [1.54, 1.807) is 43.3 Å². The summed E-state index contributed by atoms with van der Waals surface area (Å²) in [6, 6.07) is 14.4. The Bertz CT molecular complexity index is 1170. The quantitative estimate of drug-likeness (QED) is 0.356. The fraction of sp³-hybridized carbons (Fsp3) is 0.174. The molecule has 0 aliphatic rings. The third-order valence-corrected chi connectivity index (χ3v) is 4.67. The molecule has 1 aromatic heterocycles. The average molecular weight is 391 g/mol. The van der Waals surface area contributed by atoms with Crippen LogP contribution in [0.5, 0.6) is 0 Å². The number of carbonyl (C=O) groups is 1. The topological polar surface area (TPSA) is 80.3 Å². The number of hydrogen-bond donors (Lipinski definition) is 0. The molecule has 3 rings (SSSR count). The molecule has 1 atom stereocenters. The van der Waals surface area contributed by atoms with E-state index in [1.165, 1.54) is 12.1 Å². The summed E-state index contributed by atoms with van der Waals surface area (Å²) in [5, 5.41) is 10.1. The first-order valence-corrected chi connectivity index (χ1v) is 9.02. The maximum Gasteiger partial charge on any atom is 0.354 e. The number of nitriles is 1. The molecule has 0 bridgehead atoms. The highest BCUT2D eigenvalue weighted by molar-refractivity contribution is 5.90. The number of ether oxygens (including phenoxy) is 1. The lowest BCUT2D eigenvalue weighted by molar-refractivity contribution is -0.138. The van der Waals surface area contributed by atoms with Gasteiger partial charge in [0.25, 0.3) is 0 Å². The molecule has 0 spiro atoms. The normalized spacial score (nSPS) is 11.6. The number of carbonyl (C=O) groups excluding carboxylic acids is 1. The Morgan fingerprint density at radius 2 is 1.93 bits per heavy atom. The lowest BCUT2D eigenvalue weighted by atomic mass is 9.84. The van der Waals surface area contributed by atoms with Crippen LogP contribution in [-0.2, 0) is 16.0 Å². The van der Waals surface area contributed by atoms with Gasteiger partial charge in [0.15, 0.2) is 0 Å². The standard InChI is InChI=1S/C23H18FNO4/c1-3-28-22(26)14(2)18(15-8-10-16(24)11-9-15)12-19-17-6-4-5-7-21(17)29-23(27)20(19)13-25/h4-11,18H,2-3,12H2,1H3/t18-/m0/s1. The van der Waals surface area contributed by atoms with Gasteiger partial charge in [-0.2, -0.15) is 5.26 Å². The Morgan fingerprint density at radius 3 is 2.59 bits per heavy atom. The molecule has 0 saturated carbocycles. The van der Waals surface area contributed by atoms with E-state index >= 15 is 0 Å². The summed E-state index contributed by atoms with van der Waals surface area (Å²) in [7, 11) is 0. The summed E-state index contributed by atoms with van der Waals surface area (Å²) >= 11 is 0. The fourth-order valence-electron chi connectivity index (χ4n) is 3.25. The van der Waals surface area contributed by atoms with Crippen LogP contribution in [-0.4, -0.2) is 12.6 Å². The number of para-hydroxylation sites is 1. The Hall–Kier alpha value is -3.72. The largest absolute Gasteiger partial charge is 0.463 e. The van der Waals surface area contributed by atoms with Gasteiger partial charge in [-0.1, -0.05) is 36.9 Å². The van der Waals surface area contributed by atoms with Gasteiger partial charge in [-0.05, 0) is 42.7 Å². The van der Waals surface area contributed by atoms with Gasteiger partial charge in [0, 0.05) is 16.9 Å². The van der Waals surface area contributed by atoms with Crippen molar-refractivity contribution in [2.45, 2.75) is 19.3 Å². The molecule has 6 heteroatoms. The van der Waals surface area contributed by atoms with Gasteiger partial charge in [0.1, 0.15) is 23.0 Å². The molecule has 3 aromatic rings. The molecule has 1 heterocycles. The zero-order chi connectivity index (χ0) is 21.0. The van der Waals surface area contributed by atoms with E-state index in [1.807, 2.05) is 6.07 Å². The van der Waals surface area contributed by atoms with Crippen LogP contribution in [0, 0.1) is 17.1 Å². The van der Waals surface area contributed by atoms with Crippen LogP contribution in [0.1, 0.15) is 29.5 Å². The first-order chi connectivity index (χ1) is 14.0. The predicted molar refractivity (Wildman–Crippen MR) is 106 cm³/mol. The van der Waals surface area contributed by atoms with Crippen molar-refractivity contribution in [3.05, 3.63) is 93.6 Å². The monoisotopic (exact) mass is 391 g/mol. The minimum absolute atomic E-state index is 0.123. The van der Waals surface area contributed by atoms with Gasteiger partial charge < -0.3 is 9.15 Å². The Labute approximate surface area is 166 Å². The fourth-order valence-corrected chi connectivity index (χ4v) is 3.25. The summed E-state index contributed by atoms with van der Waals surface area (Å²) < 4.78 is 23.7. The molecular weight excluding hydrogens is 373 g/mol. The Morgan fingerprint density at radius 1 is 1.24 bits per heavy atom. The second-order valence-corrected chi connectivity index (χ2v) is 6.41.